The minimum absolute atomic E-state index is 0.244. The van der Waals surface area contributed by atoms with E-state index in [1.54, 1.807) is 24.3 Å². The molecular weight excluding hydrogens is 235 g/mol. The first-order valence-corrected chi connectivity index (χ1v) is 5.30. The van der Waals surface area contributed by atoms with Crippen molar-refractivity contribution in [3.05, 3.63) is 48.5 Å². The highest BCUT2D eigenvalue weighted by Crippen LogP contribution is 2.36. The molecule has 5 heteroatoms. The van der Waals surface area contributed by atoms with Gasteiger partial charge >= 0.3 is 0 Å². The first-order chi connectivity index (χ1) is 8.75. The zero-order valence-corrected chi connectivity index (χ0v) is 9.26. The number of hydrogen-bond acceptors (Lipinski definition) is 4. The van der Waals surface area contributed by atoms with Gasteiger partial charge < -0.3 is 14.7 Å². The lowest BCUT2D eigenvalue weighted by atomic mass is 10.0. The molecular formula is C13H9FN2O2. The predicted molar refractivity (Wildman–Crippen MR) is 64.0 cm³/mol. The highest BCUT2D eigenvalue weighted by molar-refractivity contribution is 5.84. The Balaban J connectivity index is 2.17. The number of hydrogen-bond donors (Lipinski definition) is 1. The lowest BCUT2D eigenvalue weighted by molar-refractivity contribution is 0.421. The zero-order valence-electron chi connectivity index (χ0n) is 9.26. The van der Waals surface area contributed by atoms with Gasteiger partial charge in [-0.15, -0.1) is 0 Å². The number of rotatable bonds is 2. The van der Waals surface area contributed by atoms with E-state index in [1.165, 1.54) is 18.4 Å². The van der Waals surface area contributed by atoms with Gasteiger partial charge in [0.25, 0.3) is 0 Å². The summed E-state index contributed by atoms with van der Waals surface area (Å²) in [6.45, 7) is 0. The first-order valence-electron chi connectivity index (χ1n) is 5.30. The average Bonchev–Trinajstić information content (AvgIpc) is 2.99. The highest BCUT2D eigenvalue weighted by atomic mass is 19.1. The standard InChI is InChI=1S/C13H9FN2O2/c14-9-5-3-8(4-6-9)11-12(18-16-13(11)15)10-2-1-7-17-10/h1-7H,(H2,15,16). The molecule has 0 fully saturated rings. The Kier molecular flexibility index (Phi) is 2.37. The van der Waals surface area contributed by atoms with Crippen molar-refractivity contribution in [2.24, 2.45) is 0 Å². The molecule has 0 bridgehead atoms. The van der Waals surface area contributed by atoms with Crippen LogP contribution in [0.3, 0.4) is 0 Å². The molecule has 0 aliphatic heterocycles. The second kappa shape index (κ2) is 4.03. The summed E-state index contributed by atoms with van der Waals surface area (Å²) in [5.74, 6) is 0.893. The minimum Gasteiger partial charge on any atom is -0.461 e. The fourth-order valence-corrected chi connectivity index (χ4v) is 1.77. The van der Waals surface area contributed by atoms with Crippen molar-refractivity contribution in [1.82, 2.24) is 5.16 Å². The Morgan fingerprint density at radius 3 is 2.56 bits per heavy atom. The van der Waals surface area contributed by atoms with E-state index in [9.17, 15) is 4.39 Å². The van der Waals surface area contributed by atoms with Crippen molar-refractivity contribution in [3.63, 3.8) is 0 Å². The number of halogens is 1. The van der Waals surface area contributed by atoms with E-state index in [0.29, 0.717) is 17.1 Å². The Bertz CT molecular complexity index is 657. The van der Waals surface area contributed by atoms with Crippen LogP contribution in [0.2, 0.25) is 0 Å². The van der Waals surface area contributed by atoms with Gasteiger partial charge in [0.1, 0.15) is 5.82 Å². The van der Waals surface area contributed by atoms with Gasteiger partial charge in [-0.25, -0.2) is 4.39 Å². The SMILES string of the molecule is Nc1noc(-c2ccco2)c1-c1ccc(F)cc1. The number of aromatic nitrogens is 1. The Morgan fingerprint density at radius 2 is 1.89 bits per heavy atom. The van der Waals surface area contributed by atoms with Gasteiger partial charge in [-0.1, -0.05) is 17.3 Å². The van der Waals surface area contributed by atoms with Gasteiger partial charge in [0.2, 0.25) is 5.76 Å². The maximum atomic E-state index is 12.9. The van der Waals surface area contributed by atoms with E-state index in [1.807, 2.05) is 0 Å². The van der Waals surface area contributed by atoms with E-state index in [-0.39, 0.29) is 11.6 Å². The molecule has 0 saturated heterocycles. The molecule has 4 nitrogen and oxygen atoms in total. The zero-order chi connectivity index (χ0) is 12.5. The molecule has 3 aromatic rings. The summed E-state index contributed by atoms with van der Waals surface area (Å²) in [7, 11) is 0. The molecule has 0 radical (unpaired) electrons. The van der Waals surface area contributed by atoms with Gasteiger partial charge in [-0.05, 0) is 29.8 Å². The number of furan rings is 1. The minimum atomic E-state index is -0.312. The third-order valence-corrected chi connectivity index (χ3v) is 2.60. The molecule has 1 aromatic carbocycles. The summed E-state index contributed by atoms with van der Waals surface area (Å²) in [4.78, 5) is 0. The number of nitrogens with two attached hydrogens (primary N) is 1. The molecule has 0 unspecified atom stereocenters. The van der Waals surface area contributed by atoms with Gasteiger partial charge in [0.15, 0.2) is 11.6 Å². The van der Waals surface area contributed by atoms with Crippen molar-refractivity contribution in [1.29, 1.82) is 0 Å². The number of anilines is 1. The molecule has 0 amide bonds. The topological polar surface area (TPSA) is 65.2 Å². The molecule has 90 valence electrons. The maximum Gasteiger partial charge on any atom is 0.212 e. The van der Waals surface area contributed by atoms with Gasteiger partial charge in [-0.2, -0.15) is 0 Å². The third kappa shape index (κ3) is 1.66. The number of nitrogen functional groups attached to an aromatic ring is 1. The van der Waals surface area contributed by atoms with Crippen molar-refractivity contribution in [3.8, 4) is 22.6 Å². The van der Waals surface area contributed by atoms with Gasteiger partial charge in [0.05, 0.1) is 11.8 Å². The Labute approximate surface area is 102 Å². The fraction of sp³-hybridized carbons (Fsp3) is 0. The first kappa shape index (κ1) is 10.6. The fourth-order valence-electron chi connectivity index (χ4n) is 1.77. The van der Waals surface area contributed by atoms with Crippen LogP contribution in [-0.4, -0.2) is 5.16 Å². The van der Waals surface area contributed by atoms with E-state index in [4.69, 9.17) is 14.7 Å². The summed E-state index contributed by atoms with van der Waals surface area (Å²) in [5, 5.41) is 3.72. The molecule has 0 spiro atoms. The van der Waals surface area contributed by atoms with Crippen LogP contribution in [0.5, 0.6) is 0 Å². The van der Waals surface area contributed by atoms with E-state index in [2.05, 4.69) is 5.16 Å². The van der Waals surface area contributed by atoms with Crippen molar-refractivity contribution in [2.75, 3.05) is 5.73 Å². The molecule has 0 saturated carbocycles. The van der Waals surface area contributed by atoms with Gasteiger partial charge in [-0.3, -0.25) is 0 Å². The van der Waals surface area contributed by atoms with Crippen LogP contribution >= 0.6 is 0 Å². The monoisotopic (exact) mass is 244 g/mol. The van der Waals surface area contributed by atoms with Crippen LogP contribution in [0.1, 0.15) is 0 Å². The number of nitrogens with zero attached hydrogens (tertiary/aromatic N) is 1. The van der Waals surface area contributed by atoms with Gasteiger partial charge in [0, 0.05) is 0 Å². The summed E-state index contributed by atoms with van der Waals surface area (Å²) < 4.78 is 23.3. The smallest absolute Gasteiger partial charge is 0.212 e. The van der Waals surface area contributed by atoms with Crippen molar-refractivity contribution in [2.45, 2.75) is 0 Å². The van der Waals surface area contributed by atoms with Crippen LogP contribution in [-0.2, 0) is 0 Å². The molecule has 2 N–H and O–H groups in total. The normalized spacial score (nSPS) is 10.7. The summed E-state index contributed by atoms with van der Waals surface area (Å²) >= 11 is 0. The molecule has 0 aliphatic rings. The molecule has 2 aromatic heterocycles. The van der Waals surface area contributed by atoms with Crippen molar-refractivity contribution < 1.29 is 13.3 Å². The van der Waals surface area contributed by atoms with Crippen LogP contribution in [0.4, 0.5) is 10.2 Å². The Hall–Kier alpha value is -2.56. The quantitative estimate of drug-likeness (QED) is 0.750. The number of benzene rings is 1. The van der Waals surface area contributed by atoms with E-state index in [0.717, 1.165) is 5.56 Å². The Morgan fingerprint density at radius 1 is 1.11 bits per heavy atom. The lowest BCUT2D eigenvalue weighted by Gasteiger charge is -2.00. The molecule has 0 atom stereocenters. The predicted octanol–water partition coefficient (Wildman–Crippen LogP) is 3.32. The third-order valence-electron chi connectivity index (χ3n) is 2.60. The molecule has 18 heavy (non-hydrogen) atoms. The van der Waals surface area contributed by atoms with Crippen LogP contribution in [0.15, 0.2) is 51.6 Å². The average molecular weight is 244 g/mol. The van der Waals surface area contributed by atoms with Crippen molar-refractivity contribution >= 4 is 5.82 Å². The van der Waals surface area contributed by atoms with E-state index >= 15 is 0 Å². The van der Waals surface area contributed by atoms with Crippen LogP contribution in [0, 0.1) is 5.82 Å². The molecule has 2 heterocycles. The lowest BCUT2D eigenvalue weighted by Crippen LogP contribution is -1.88. The summed E-state index contributed by atoms with van der Waals surface area (Å²) in [5.41, 5.74) is 7.10. The van der Waals surface area contributed by atoms with Crippen LogP contribution in [0.25, 0.3) is 22.6 Å². The largest absolute Gasteiger partial charge is 0.461 e. The second-order valence-corrected chi connectivity index (χ2v) is 3.76. The van der Waals surface area contributed by atoms with Crippen LogP contribution < -0.4 is 5.73 Å². The summed E-state index contributed by atoms with van der Waals surface area (Å²) in [6.07, 6.45) is 1.53. The van der Waals surface area contributed by atoms with E-state index < -0.39 is 0 Å². The highest BCUT2D eigenvalue weighted by Gasteiger charge is 2.19. The molecule has 0 aliphatic carbocycles. The maximum absolute atomic E-state index is 12.9. The summed E-state index contributed by atoms with van der Waals surface area (Å²) in [6, 6.07) is 9.42. The second-order valence-electron chi connectivity index (χ2n) is 3.76. The molecule has 3 rings (SSSR count).